The third-order valence-corrected chi connectivity index (χ3v) is 2.95. The smallest absolute Gasteiger partial charge is 0.428 e. The Morgan fingerprint density at radius 1 is 1.05 bits per heavy atom. The number of carboxylic acid groups (broad SMARTS) is 1. The summed E-state index contributed by atoms with van der Waals surface area (Å²) in [5.74, 6) is -8.83. The predicted octanol–water partition coefficient (Wildman–Crippen LogP) is 1.73. The molecule has 21 heavy (non-hydrogen) atoms. The maximum atomic E-state index is 13.6. The van der Waals surface area contributed by atoms with Gasteiger partial charge in [-0.3, -0.25) is 9.26 Å². The van der Waals surface area contributed by atoms with Crippen LogP contribution >= 0.6 is 0 Å². The minimum Gasteiger partial charge on any atom is -0.479 e. The van der Waals surface area contributed by atoms with Crippen molar-refractivity contribution in [2.24, 2.45) is 0 Å². The number of halogens is 7. The molecule has 0 bridgehead atoms. The van der Waals surface area contributed by atoms with Gasteiger partial charge in [-0.15, -0.1) is 0 Å². The minimum atomic E-state index is -6.24. The van der Waals surface area contributed by atoms with Crippen LogP contribution in [0, 0.1) is 0 Å². The zero-order chi connectivity index (χ0) is 16.8. The first kappa shape index (κ1) is 22.1. The number of rotatable bonds is 5. The fourth-order valence-corrected chi connectivity index (χ4v) is 1.66. The molecular formula is C7H9F7O6S. The summed E-state index contributed by atoms with van der Waals surface area (Å²) < 4.78 is 109. The lowest BCUT2D eigenvalue weighted by molar-refractivity contribution is -0.326. The molecule has 0 saturated carbocycles. The Hall–Kier alpha value is -1.15. The molecule has 6 nitrogen and oxygen atoms in total. The molecule has 0 aromatic heterocycles. The summed E-state index contributed by atoms with van der Waals surface area (Å²) in [6, 6.07) is 0. The van der Waals surface area contributed by atoms with Gasteiger partial charge in [-0.05, 0) is 13.8 Å². The van der Waals surface area contributed by atoms with E-state index in [1.807, 2.05) is 0 Å². The van der Waals surface area contributed by atoms with E-state index in [1.165, 1.54) is 0 Å². The normalized spacial score (nSPS) is 19.1. The van der Waals surface area contributed by atoms with Crippen LogP contribution in [0.2, 0.25) is 0 Å². The van der Waals surface area contributed by atoms with Crippen LogP contribution in [0.15, 0.2) is 0 Å². The van der Waals surface area contributed by atoms with Crippen LogP contribution in [-0.4, -0.2) is 47.4 Å². The third kappa shape index (κ3) is 3.74. The predicted molar refractivity (Wildman–Crippen MR) is 51.7 cm³/mol. The average molecular weight is 354 g/mol. The monoisotopic (exact) mass is 354 g/mol. The number of aliphatic carboxylic acids is 1. The zero-order valence-corrected chi connectivity index (χ0v) is 10.9. The molecule has 0 heterocycles. The molecule has 0 fully saturated rings. The molecule has 2 N–H and O–H groups in total. The Morgan fingerprint density at radius 2 is 1.38 bits per heavy atom. The average Bonchev–Trinajstić information content (AvgIpc) is 2.11. The summed E-state index contributed by atoms with van der Waals surface area (Å²) in [6.45, 7) is -1.02. The summed E-state index contributed by atoms with van der Waals surface area (Å²) in [5.41, 5.74) is -9.97. The second-order valence-electron chi connectivity index (χ2n) is 3.92. The van der Waals surface area contributed by atoms with Crippen molar-refractivity contribution in [2.45, 2.75) is 37.2 Å². The van der Waals surface area contributed by atoms with Crippen molar-refractivity contribution >= 4 is 16.4 Å². The van der Waals surface area contributed by atoms with Crippen molar-refractivity contribution in [1.82, 2.24) is 0 Å². The molecule has 0 spiro atoms. The Balaban J connectivity index is 0. The lowest BCUT2D eigenvalue weighted by Crippen LogP contribution is -2.67. The lowest BCUT2D eigenvalue weighted by atomic mass is 9.85. The van der Waals surface area contributed by atoms with Gasteiger partial charge in [-0.25, -0.2) is 13.4 Å². The number of hydrogen-bond donors (Lipinski definition) is 2. The number of carbonyl (C=O) groups is 1. The van der Waals surface area contributed by atoms with Gasteiger partial charge in [0, 0.05) is 0 Å². The van der Waals surface area contributed by atoms with E-state index in [0.29, 0.717) is 0 Å². The van der Waals surface area contributed by atoms with Crippen LogP contribution in [0.5, 0.6) is 0 Å². The molecule has 0 saturated heterocycles. The fraction of sp³-hybridized carbons (Fsp3) is 0.857. The van der Waals surface area contributed by atoms with Gasteiger partial charge in [0.25, 0.3) is 5.67 Å². The highest BCUT2D eigenvalue weighted by Gasteiger charge is 2.78. The molecule has 2 unspecified atom stereocenters. The Bertz CT molecular complexity index is 498. The molecular weight excluding hydrogens is 345 g/mol. The molecule has 0 radical (unpaired) electrons. The second-order valence-corrected chi connectivity index (χ2v) is 4.95. The summed E-state index contributed by atoms with van der Waals surface area (Å²) in [7, 11) is -5.91. The molecule has 0 aromatic carbocycles. The maximum Gasteiger partial charge on any atom is 0.428 e. The lowest BCUT2D eigenvalue weighted by Gasteiger charge is -2.39. The molecule has 0 aliphatic carbocycles. The van der Waals surface area contributed by atoms with E-state index >= 15 is 0 Å². The van der Waals surface area contributed by atoms with Gasteiger partial charge in [0.1, 0.15) is 0 Å². The second kappa shape index (κ2) is 5.57. The fourth-order valence-electron chi connectivity index (χ4n) is 1.06. The zero-order valence-electron chi connectivity index (χ0n) is 10.1. The highest BCUT2D eigenvalue weighted by atomic mass is 32.3. The van der Waals surface area contributed by atoms with Crippen LogP contribution < -0.4 is 0 Å². The molecule has 0 amide bonds. The first-order chi connectivity index (χ1) is 8.40. The molecule has 0 aliphatic heterocycles. The van der Waals surface area contributed by atoms with Crippen LogP contribution in [0.4, 0.5) is 31.0 Å². The highest BCUT2D eigenvalue weighted by molar-refractivity contribution is 7.81. The van der Waals surface area contributed by atoms with Crippen molar-refractivity contribution in [1.29, 1.82) is 0 Å². The third-order valence-electron chi connectivity index (χ3n) is 2.40. The first-order valence-corrected chi connectivity index (χ1v) is 5.81. The summed E-state index contributed by atoms with van der Waals surface area (Å²) in [6.07, 6.45) is -6.24. The molecule has 128 valence electrons. The van der Waals surface area contributed by atoms with Gasteiger partial charge >= 0.3 is 28.5 Å². The number of carboxylic acids is 1. The molecule has 0 aliphatic rings. The van der Waals surface area contributed by atoms with Gasteiger partial charge < -0.3 is 5.11 Å². The Labute approximate surface area is 113 Å². The molecule has 2 atom stereocenters. The Morgan fingerprint density at radius 3 is 1.57 bits per heavy atom. The summed E-state index contributed by atoms with van der Waals surface area (Å²) in [4.78, 5) is 10.6. The molecule has 0 rings (SSSR count). The van der Waals surface area contributed by atoms with Gasteiger partial charge in [0.05, 0.1) is 0 Å². The largest absolute Gasteiger partial charge is 0.479 e. The van der Waals surface area contributed by atoms with Crippen LogP contribution in [0.25, 0.3) is 0 Å². The van der Waals surface area contributed by atoms with Gasteiger partial charge in [-0.1, -0.05) is 0 Å². The van der Waals surface area contributed by atoms with Crippen molar-refractivity contribution in [3.05, 3.63) is 0 Å². The standard InChI is InChI=1S/C7H8F6O6S.FH/c1-4(3(14)15,19-20(16,17)18)6(9,10)5(2,8)7(11,12)13;/h1-2H3,(H,14,15)(H,16,17,18);1H. The minimum absolute atomic E-state index is 0. The van der Waals surface area contributed by atoms with E-state index < -0.39 is 46.7 Å². The summed E-state index contributed by atoms with van der Waals surface area (Å²) >= 11 is 0. The van der Waals surface area contributed by atoms with Crippen molar-refractivity contribution in [3.63, 3.8) is 0 Å². The van der Waals surface area contributed by atoms with Crippen molar-refractivity contribution in [2.75, 3.05) is 0 Å². The van der Waals surface area contributed by atoms with E-state index in [4.69, 9.17) is 9.66 Å². The quantitative estimate of drug-likeness (QED) is 0.576. The van der Waals surface area contributed by atoms with E-state index in [-0.39, 0.29) is 11.6 Å². The van der Waals surface area contributed by atoms with E-state index in [9.17, 15) is 39.6 Å². The van der Waals surface area contributed by atoms with E-state index in [1.54, 1.807) is 0 Å². The number of hydrogen-bond acceptors (Lipinski definition) is 4. The topological polar surface area (TPSA) is 101 Å². The molecule has 0 aromatic rings. The van der Waals surface area contributed by atoms with Gasteiger partial charge in [-0.2, -0.15) is 30.4 Å². The first-order valence-electron chi connectivity index (χ1n) is 4.45. The van der Waals surface area contributed by atoms with Crippen LogP contribution in [0.1, 0.15) is 13.8 Å². The summed E-state index contributed by atoms with van der Waals surface area (Å²) in [5, 5.41) is 8.45. The van der Waals surface area contributed by atoms with Crippen LogP contribution in [-0.2, 0) is 19.4 Å². The van der Waals surface area contributed by atoms with Gasteiger partial charge in [0.2, 0.25) is 5.60 Å². The van der Waals surface area contributed by atoms with Crippen molar-refractivity contribution in [3.8, 4) is 0 Å². The SMILES string of the molecule is CC(OS(=O)(=O)O)(C(=O)O)C(F)(F)C(C)(F)C(F)(F)F.F. The van der Waals surface area contributed by atoms with Crippen molar-refractivity contribution < 1.29 is 58.1 Å². The molecule has 14 heteroatoms. The number of alkyl halides is 6. The maximum absolute atomic E-state index is 13.6. The van der Waals surface area contributed by atoms with E-state index in [0.717, 1.165) is 0 Å². The van der Waals surface area contributed by atoms with Gasteiger partial charge in [0.15, 0.2) is 0 Å². The van der Waals surface area contributed by atoms with Crippen LogP contribution in [0.3, 0.4) is 0 Å². The highest BCUT2D eigenvalue weighted by Crippen LogP contribution is 2.51. The van der Waals surface area contributed by atoms with E-state index in [2.05, 4.69) is 4.18 Å². The Kier molecular flexibility index (Phi) is 5.87.